The second kappa shape index (κ2) is 7.65. The SMILES string of the molecule is CCNC(=O)c1cccc(NC(=O)c2ccc(-n3nccc3C)cc2)c1. The van der Waals surface area contributed by atoms with Crippen molar-refractivity contribution in [3.63, 3.8) is 0 Å². The van der Waals surface area contributed by atoms with Gasteiger partial charge in [-0.05, 0) is 62.4 Å². The highest BCUT2D eigenvalue weighted by Gasteiger charge is 2.09. The number of aromatic nitrogens is 2. The van der Waals surface area contributed by atoms with Crippen molar-refractivity contribution >= 4 is 17.5 Å². The number of benzene rings is 2. The maximum atomic E-state index is 12.5. The zero-order valence-corrected chi connectivity index (χ0v) is 14.7. The second-order valence-electron chi connectivity index (χ2n) is 5.83. The first-order chi connectivity index (χ1) is 12.6. The summed E-state index contributed by atoms with van der Waals surface area (Å²) in [5.74, 6) is -0.399. The van der Waals surface area contributed by atoms with Crippen LogP contribution in [-0.2, 0) is 0 Å². The molecule has 0 saturated carbocycles. The van der Waals surface area contributed by atoms with Crippen LogP contribution in [0.4, 0.5) is 5.69 Å². The number of hydrogen-bond acceptors (Lipinski definition) is 3. The van der Waals surface area contributed by atoms with Gasteiger partial charge in [-0.3, -0.25) is 9.59 Å². The number of amides is 2. The van der Waals surface area contributed by atoms with E-state index in [2.05, 4.69) is 15.7 Å². The van der Waals surface area contributed by atoms with Crippen molar-refractivity contribution in [2.45, 2.75) is 13.8 Å². The summed E-state index contributed by atoms with van der Waals surface area (Å²) in [6.07, 6.45) is 1.73. The van der Waals surface area contributed by atoms with Crippen LogP contribution < -0.4 is 10.6 Å². The molecule has 6 nitrogen and oxygen atoms in total. The highest BCUT2D eigenvalue weighted by Crippen LogP contribution is 2.15. The minimum atomic E-state index is -0.234. The lowest BCUT2D eigenvalue weighted by atomic mass is 10.1. The molecule has 2 N–H and O–H groups in total. The maximum absolute atomic E-state index is 12.5. The molecular weight excluding hydrogens is 328 g/mol. The standard InChI is InChI=1S/C20H20N4O2/c1-3-21-19(25)16-5-4-6-17(13-16)23-20(26)15-7-9-18(10-8-15)24-14(2)11-12-22-24/h4-13H,3H2,1-2H3,(H,21,25)(H,23,26). The zero-order chi connectivity index (χ0) is 18.5. The summed E-state index contributed by atoms with van der Waals surface area (Å²) in [5.41, 5.74) is 3.52. The Balaban J connectivity index is 1.73. The predicted octanol–water partition coefficient (Wildman–Crippen LogP) is 3.18. The lowest BCUT2D eigenvalue weighted by Crippen LogP contribution is -2.22. The average Bonchev–Trinajstić information content (AvgIpc) is 3.08. The summed E-state index contributed by atoms with van der Waals surface area (Å²) >= 11 is 0. The molecule has 0 atom stereocenters. The van der Waals surface area contributed by atoms with E-state index in [4.69, 9.17) is 0 Å². The van der Waals surface area contributed by atoms with E-state index in [0.717, 1.165) is 11.4 Å². The molecule has 6 heteroatoms. The largest absolute Gasteiger partial charge is 0.352 e. The van der Waals surface area contributed by atoms with Crippen LogP contribution in [0.2, 0.25) is 0 Å². The fourth-order valence-electron chi connectivity index (χ4n) is 2.60. The van der Waals surface area contributed by atoms with Crippen molar-refractivity contribution in [1.29, 1.82) is 0 Å². The van der Waals surface area contributed by atoms with E-state index in [1.807, 2.05) is 32.0 Å². The van der Waals surface area contributed by atoms with Gasteiger partial charge in [0.05, 0.1) is 5.69 Å². The van der Waals surface area contributed by atoms with Crippen LogP contribution in [0.1, 0.15) is 33.3 Å². The Morgan fingerprint density at radius 1 is 1.00 bits per heavy atom. The molecule has 1 aromatic heterocycles. The molecule has 0 radical (unpaired) electrons. The van der Waals surface area contributed by atoms with Gasteiger partial charge in [0.25, 0.3) is 11.8 Å². The molecule has 3 aromatic rings. The fraction of sp³-hybridized carbons (Fsp3) is 0.150. The van der Waals surface area contributed by atoms with Gasteiger partial charge in [-0.2, -0.15) is 5.10 Å². The summed E-state index contributed by atoms with van der Waals surface area (Å²) in [5, 5.41) is 9.81. The molecular formula is C20H20N4O2. The van der Waals surface area contributed by atoms with Crippen molar-refractivity contribution in [1.82, 2.24) is 15.1 Å². The van der Waals surface area contributed by atoms with Gasteiger partial charge in [0.15, 0.2) is 0 Å². The first-order valence-electron chi connectivity index (χ1n) is 8.39. The Bertz CT molecular complexity index is 929. The van der Waals surface area contributed by atoms with E-state index >= 15 is 0 Å². The van der Waals surface area contributed by atoms with Crippen molar-refractivity contribution in [2.24, 2.45) is 0 Å². The average molecular weight is 348 g/mol. The molecule has 0 saturated heterocycles. The summed E-state index contributed by atoms with van der Waals surface area (Å²) in [6.45, 7) is 4.38. The third-order valence-corrected chi connectivity index (χ3v) is 3.93. The number of hydrogen-bond donors (Lipinski definition) is 2. The summed E-state index contributed by atoms with van der Waals surface area (Å²) < 4.78 is 1.80. The van der Waals surface area contributed by atoms with Crippen LogP contribution in [-0.4, -0.2) is 28.1 Å². The highest BCUT2D eigenvalue weighted by molar-refractivity contribution is 6.05. The van der Waals surface area contributed by atoms with Crippen LogP contribution in [0, 0.1) is 6.92 Å². The lowest BCUT2D eigenvalue weighted by molar-refractivity contribution is 0.0954. The number of rotatable bonds is 5. The topological polar surface area (TPSA) is 76.0 Å². The molecule has 0 spiro atoms. The zero-order valence-electron chi connectivity index (χ0n) is 14.7. The molecule has 0 fully saturated rings. The molecule has 0 aliphatic heterocycles. The first kappa shape index (κ1) is 17.4. The fourth-order valence-corrected chi connectivity index (χ4v) is 2.60. The van der Waals surface area contributed by atoms with Gasteiger partial charge >= 0.3 is 0 Å². The van der Waals surface area contributed by atoms with Crippen LogP contribution in [0.5, 0.6) is 0 Å². The highest BCUT2D eigenvalue weighted by atomic mass is 16.2. The Kier molecular flexibility index (Phi) is 5.12. The molecule has 2 amide bonds. The Hall–Kier alpha value is -3.41. The van der Waals surface area contributed by atoms with Crippen LogP contribution >= 0.6 is 0 Å². The van der Waals surface area contributed by atoms with E-state index in [9.17, 15) is 9.59 Å². The predicted molar refractivity (Wildman–Crippen MR) is 101 cm³/mol. The van der Waals surface area contributed by atoms with Gasteiger partial charge in [-0.25, -0.2) is 4.68 Å². The number of aryl methyl sites for hydroxylation is 1. The second-order valence-corrected chi connectivity index (χ2v) is 5.83. The van der Waals surface area contributed by atoms with E-state index in [1.54, 1.807) is 47.3 Å². The van der Waals surface area contributed by atoms with Crippen molar-refractivity contribution in [2.75, 3.05) is 11.9 Å². The molecule has 3 rings (SSSR count). The third-order valence-electron chi connectivity index (χ3n) is 3.93. The van der Waals surface area contributed by atoms with Crippen molar-refractivity contribution in [3.8, 4) is 5.69 Å². The van der Waals surface area contributed by atoms with Crippen LogP contribution in [0.3, 0.4) is 0 Å². The molecule has 0 aliphatic carbocycles. The quantitative estimate of drug-likeness (QED) is 0.743. The third kappa shape index (κ3) is 3.80. The number of anilines is 1. The van der Waals surface area contributed by atoms with Gasteiger partial charge in [0.1, 0.15) is 0 Å². The normalized spacial score (nSPS) is 10.4. The van der Waals surface area contributed by atoms with Gasteiger partial charge in [0, 0.05) is 35.2 Å². The summed E-state index contributed by atoms with van der Waals surface area (Å²) in [7, 11) is 0. The Labute approximate surface area is 151 Å². The van der Waals surface area contributed by atoms with Gasteiger partial charge in [-0.1, -0.05) is 6.07 Å². The minimum absolute atomic E-state index is 0.164. The molecule has 0 unspecified atom stereocenters. The Morgan fingerprint density at radius 2 is 1.77 bits per heavy atom. The van der Waals surface area contributed by atoms with Crippen molar-refractivity contribution in [3.05, 3.63) is 77.6 Å². The smallest absolute Gasteiger partial charge is 0.255 e. The lowest BCUT2D eigenvalue weighted by Gasteiger charge is -2.09. The molecule has 1 heterocycles. The molecule has 132 valence electrons. The molecule has 2 aromatic carbocycles. The van der Waals surface area contributed by atoms with Gasteiger partial charge in [-0.15, -0.1) is 0 Å². The summed E-state index contributed by atoms with van der Waals surface area (Å²) in [6, 6.07) is 16.0. The summed E-state index contributed by atoms with van der Waals surface area (Å²) in [4.78, 5) is 24.3. The number of carbonyl (C=O) groups excluding carboxylic acids is 2. The van der Waals surface area contributed by atoms with E-state index < -0.39 is 0 Å². The first-order valence-corrected chi connectivity index (χ1v) is 8.39. The van der Waals surface area contributed by atoms with Crippen LogP contribution in [0.25, 0.3) is 5.69 Å². The van der Waals surface area contributed by atoms with Gasteiger partial charge in [0.2, 0.25) is 0 Å². The van der Waals surface area contributed by atoms with Crippen molar-refractivity contribution < 1.29 is 9.59 Å². The minimum Gasteiger partial charge on any atom is -0.352 e. The van der Waals surface area contributed by atoms with Crippen LogP contribution in [0.15, 0.2) is 60.8 Å². The van der Waals surface area contributed by atoms with E-state index in [1.165, 1.54) is 0 Å². The number of carbonyl (C=O) groups is 2. The molecule has 0 bridgehead atoms. The van der Waals surface area contributed by atoms with E-state index in [0.29, 0.717) is 23.4 Å². The number of nitrogens with zero attached hydrogens (tertiary/aromatic N) is 2. The van der Waals surface area contributed by atoms with Gasteiger partial charge < -0.3 is 10.6 Å². The number of nitrogens with one attached hydrogen (secondary N) is 2. The van der Waals surface area contributed by atoms with E-state index in [-0.39, 0.29) is 11.8 Å². The Morgan fingerprint density at radius 3 is 2.42 bits per heavy atom. The maximum Gasteiger partial charge on any atom is 0.255 e. The molecule has 0 aliphatic rings. The monoisotopic (exact) mass is 348 g/mol. The molecule has 26 heavy (non-hydrogen) atoms.